The molecule has 0 saturated carbocycles. The highest BCUT2D eigenvalue weighted by Gasteiger charge is 2.31. The molecule has 1 N–H and O–H groups in total. The molecule has 0 unspecified atom stereocenters. The zero-order valence-corrected chi connectivity index (χ0v) is 16.3. The van der Waals surface area contributed by atoms with Crippen LogP contribution in [0.2, 0.25) is 0 Å². The van der Waals surface area contributed by atoms with Crippen molar-refractivity contribution in [3.8, 4) is 12.3 Å². The highest BCUT2D eigenvalue weighted by Crippen LogP contribution is 2.26. The van der Waals surface area contributed by atoms with Gasteiger partial charge in [-0.1, -0.05) is 19.8 Å². The van der Waals surface area contributed by atoms with Crippen molar-refractivity contribution in [1.29, 1.82) is 0 Å². The van der Waals surface area contributed by atoms with Crippen molar-refractivity contribution in [2.45, 2.75) is 25.2 Å². The van der Waals surface area contributed by atoms with Crippen molar-refractivity contribution in [1.82, 2.24) is 9.62 Å². The summed E-state index contributed by atoms with van der Waals surface area (Å²) in [6, 6.07) is 5.53. The molecule has 1 amide bonds. The van der Waals surface area contributed by atoms with Crippen LogP contribution in [-0.4, -0.2) is 50.8 Å². The van der Waals surface area contributed by atoms with Crippen LogP contribution in [0.4, 0.5) is 0 Å². The predicted octanol–water partition coefficient (Wildman–Crippen LogP) is 1.26. The van der Waals surface area contributed by atoms with Gasteiger partial charge in [-0.25, -0.2) is 13.2 Å². The van der Waals surface area contributed by atoms with Gasteiger partial charge in [0.05, 0.1) is 17.0 Å². The third-order valence-corrected chi connectivity index (χ3v) is 6.13. The standard InChI is InChI=1S/C19H24N2O5S/c1-4-9-20-18(22)13-26-19(23)16-5-7-17(8-6-16)27(24,25)21-11-14(2)10-15(3)12-21/h1,5-8,14-15H,9-13H2,2-3H3,(H,20,22)/t14-,15-/m1/s1. The van der Waals surface area contributed by atoms with E-state index in [1.807, 2.05) is 13.8 Å². The lowest BCUT2D eigenvalue weighted by molar-refractivity contribution is -0.123. The van der Waals surface area contributed by atoms with Gasteiger partial charge in [-0.15, -0.1) is 6.42 Å². The van der Waals surface area contributed by atoms with E-state index in [0.717, 1.165) is 6.42 Å². The third kappa shape index (κ3) is 5.55. The highest BCUT2D eigenvalue weighted by molar-refractivity contribution is 7.89. The maximum atomic E-state index is 12.8. The van der Waals surface area contributed by atoms with Gasteiger partial charge in [-0.2, -0.15) is 4.31 Å². The number of esters is 1. The second-order valence-electron chi connectivity index (χ2n) is 6.85. The number of nitrogens with zero attached hydrogens (tertiary/aromatic N) is 1. The zero-order valence-electron chi connectivity index (χ0n) is 15.5. The quantitative estimate of drug-likeness (QED) is 0.581. The van der Waals surface area contributed by atoms with E-state index in [1.54, 1.807) is 0 Å². The van der Waals surface area contributed by atoms with Crippen molar-refractivity contribution in [2.24, 2.45) is 11.8 Å². The number of hydrogen-bond acceptors (Lipinski definition) is 5. The Morgan fingerprint density at radius 3 is 2.37 bits per heavy atom. The average Bonchev–Trinajstić information content (AvgIpc) is 2.63. The van der Waals surface area contributed by atoms with Gasteiger partial charge >= 0.3 is 5.97 Å². The Labute approximate surface area is 160 Å². The number of benzene rings is 1. The number of rotatable bonds is 6. The normalized spacial score (nSPS) is 20.5. The first-order valence-corrected chi connectivity index (χ1v) is 10.2. The number of carbonyl (C=O) groups is 2. The number of hydrogen-bond donors (Lipinski definition) is 1. The van der Waals surface area contributed by atoms with Crippen LogP contribution in [0, 0.1) is 24.2 Å². The van der Waals surface area contributed by atoms with E-state index in [-0.39, 0.29) is 17.0 Å². The van der Waals surface area contributed by atoms with Gasteiger partial charge in [0.25, 0.3) is 5.91 Å². The number of piperidine rings is 1. The van der Waals surface area contributed by atoms with Crippen LogP contribution in [0.25, 0.3) is 0 Å². The van der Waals surface area contributed by atoms with Crippen LogP contribution in [0.1, 0.15) is 30.6 Å². The van der Waals surface area contributed by atoms with Gasteiger partial charge < -0.3 is 10.1 Å². The molecule has 1 aromatic carbocycles. The first kappa shape index (κ1) is 20.9. The molecule has 1 aliphatic heterocycles. The summed E-state index contributed by atoms with van der Waals surface area (Å²) in [7, 11) is -3.61. The molecule has 1 aromatic rings. The van der Waals surface area contributed by atoms with Gasteiger partial charge in [-0.3, -0.25) is 4.79 Å². The Kier molecular flexibility index (Phi) is 6.99. The molecule has 0 spiro atoms. The Bertz CT molecular complexity index is 817. The number of sulfonamides is 1. The second kappa shape index (κ2) is 9.02. The fourth-order valence-corrected chi connectivity index (χ4v) is 4.81. The highest BCUT2D eigenvalue weighted by atomic mass is 32.2. The van der Waals surface area contributed by atoms with Crippen LogP contribution in [0.3, 0.4) is 0 Å². The number of carbonyl (C=O) groups excluding carboxylic acids is 2. The molecular weight excluding hydrogens is 368 g/mol. The van der Waals surface area contributed by atoms with E-state index in [0.29, 0.717) is 24.9 Å². The summed E-state index contributed by atoms with van der Waals surface area (Å²) in [4.78, 5) is 23.5. The number of ether oxygens (including phenoxy) is 1. The summed E-state index contributed by atoms with van der Waals surface area (Å²) in [5.74, 6) is 1.63. The minimum atomic E-state index is -3.61. The molecule has 146 valence electrons. The lowest BCUT2D eigenvalue weighted by Crippen LogP contribution is -2.42. The molecule has 1 heterocycles. The maximum absolute atomic E-state index is 12.8. The molecule has 2 rings (SSSR count). The van der Waals surface area contributed by atoms with Gasteiger partial charge in [0.1, 0.15) is 0 Å². The van der Waals surface area contributed by atoms with E-state index >= 15 is 0 Å². The number of nitrogens with one attached hydrogen (secondary N) is 1. The molecule has 0 bridgehead atoms. The fraction of sp³-hybridized carbons (Fsp3) is 0.474. The minimum Gasteiger partial charge on any atom is -0.452 e. The minimum absolute atomic E-state index is 0.0523. The lowest BCUT2D eigenvalue weighted by Gasteiger charge is -2.34. The van der Waals surface area contributed by atoms with Gasteiger partial charge in [0, 0.05) is 13.1 Å². The van der Waals surface area contributed by atoms with E-state index in [9.17, 15) is 18.0 Å². The Morgan fingerprint density at radius 1 is 1.22 bits per heavy atom. The fourth-order valence-electron chi connectivity index (χ4n) is 3.13. The molecule has 0 aliphatic carbocycles. The van der Waals surface area contributed by atoms with Gasteiger partial charge in [-0.05, 0) is 42.5 Å². The van der Waals surface area contributed by atoms with E-state index in [4.69, 9.17) is 11.2 Å². The Hall–Kier alpha value is -2.37. The molecule has 1 aliphatic rings. The monoisotopic (exact) mass is 392 g/mol. The molecule has 27 heavy (non-hydrogen) atoms. The van der Waals surface area contributed by atoms with Crippen molar-refractivity contribution in [3.63, 3.8) is 0 Å². The summed E-state index contributed by atoms with van der Waals surface area (Å²) in [6.45, 7) is 4.65. The maximum Gasteiger partial charge on any atom is 0.338 e. The van der Waals surface area contributed by atoms with Crippen molar-refractivity contribution < 1.29 is 22.7 Å². The molecule has 1 saturated heterocycles. The molecule has 8 heteroatoms. The second-order valence-corrected chi connectivity index (χ2v) is 8.79. The molecule has 7 nitrogen and oxygen atoms in total. The topological polar surface area (TPSA) is 92.8 Å². The van der Waals surface area contributed by atoms with Crippen molar-refractivity contribution in [3.05, 3.63) is 29.8 Å². The van der Waals surface area contributed by atoms with Crippen LogP contribution in [-0.2, 0) is 19.6 Å². The SMILES string of the molecule is C#CCNC(=O)COC(=O)c1ccc(S(=O)(=O)N2C[C@H](C)C[C@@H](C)C2)cc1. The average molecular weight is 392 g/mol. The summed E-state index contributed by atoms with van der Waals surface area (Å²) in [6.07, 6.45) is 6.02. The predicted molar refractivity (Wildman–Crippen MR) is 100 cm³/mol. The smallest absolute Gasteiger partial charge is 0.338 e. The van der Waals surface area contributed by atoms with E-state index in [1.165, 1.54) is 28.6 Å². The van der Waals surface area contributed by atoms with E-state index in [2.05, 4.69) is 11.2 Å². The molecule has 0 radical (unpaired) electrons. The number of amides is 1. The van der Waals surface area contributed by atoms with E-state index < -0.39 is 28.5 Å². The summed E-state index contributed by atoms with van der Waals surface area (Å²) in [5.41, 5.74) is 0.166. The molecule has 2 atom stereocenters. The summed E-state index contributed by atoms with van der Waals surface area (Å²) in [5, 5.41) is 2.37. The van der Waals surface area contributed by atoms with Crippen LogP contribution in [0.15, 0.2) is 29.2 Å². The van der Waals surface area contributed by atoms with Gasteiger partial charge in [0.15, 0.2) is 6.61 Å². The van der Waals surface area contributed by atoms with Crippen LogP contribution < -0.4 is 5.32 Å². The number of terminal acetylenes is 1. The summed E-state index contributed by atoms with van der Waals surface area (Å²) >= 11 is 0. The molecular formula is C19H24N2O5S. The lowest BCUT2D eigenvalue weighted by atomic mass is 9.94. The zero-order chi connectivity index (χ0) is 20.0. The van der Waals surface area contributed by atoms with Gasteiger partial charge in [0.2, 0.25) is 10.0 Å². The summed E-state index contributed by atoms with van der Waals surface area (Å²) < 4.78 is 32.0. The van der Waals surface area contributed by atoms with Crippen molar-refractivity contribution >= 4 is 21.9 Å². The molecule has 0 aromatic heterocycles. The first-order valence-electron chi connectivity index (χ1n) is 8.71. The molecule has 1 fully saturated rings. The third-order valence-electron chi connectivity index (χ3n) is 4.29. The largest absolute Gasteiger partial charge is 0.452 e. The first-order chi connectivity index (χ1) is 12.7. The van der Waals surface area contributed by atoms with Crippen LogP contribution in [0.5, 0.6) is 0 Å². The van der Waals surface area contributed by atoms with Crippen molar-refractivity contribution in [2.75, 3.05) is 26.2 Å². The van der Waals surface area contributed by atoms with Crippen LogP contribution >= 0.6 is 0 Å². The Balaban J connectivity index is 2.02. The Morgan fingerprint density at radius 2 is 1.81 bits per heavy atom.